The first-order valence-electron chi connectivity index (χ1n) is 10.6. The fraction of sp³-hybridized carbons (Fsp3) is 0.0333. The SMILES string of the molecule is O=C(C1=C(c2ccccc2)CC(c2ccccc2)=C1c1ccccc1)c1ccccc1. The predicted molar refractivity (Wildman–Crippen MR) is 128 cm³/mol. The lowest BCUT2D eigenvalue weighted by Gasteiger charge is -2.13. The van der Waals surface area contributed by atoms with Crippen LogP contribution in [0.4, 0.5) is 0 Å². The van der Waals surface area contributed by atoms with Gasteiger partial charge in [-0.05, 0) is 33.4 Å². The molecular formula is C30H22O. The summed E-state index contributed by atoms with van der Waals surface area (Å²) >= 11 is 0. The van der Waals surface area contributed by atoms with Crippen LogP contribution in [0.3, 0.4) is 0 Å². The summed E-state index contributed by atoms with van der Waals surface area (Å²) in [5, 5.41) is 0. The number of carbonyl (C=O) groups is 1. The third-order valence-electron chi connectivity index (χ3n) is 5.78. The van der Waals surface area contributed by atoms with E-state index in [4.69, 9.17) is 0 Å². The van der Waals surface area contributed by atoms with E-state index in [-0.39, 0.29) is 5.78 Å². The van der Waals surface area contributed by atoms with Gasteiger partial charge in [0, 0.05) is 17.6 Å². The van der Waals surface area contributed by atoms with Gasteiger partial charge in [0.15, 0.2) is 5.78 Å². The van der Waals surface area contributed by atoms with Crippen LogP contribution in [0.1, 0.15) is 33.5 Å². The van der Waals surface area contributed by atoms with Crippen LogP contribution in [0.2, 0.25) is 0 Å². The molecule has 1 aliphatic rings. The summed E-state index contributed by atoms with van der Waals surface area (Å²) in [6.07, 6.45) is 0.728. The number of benzene rings is 4. The zero-order chi connectivity index (χ0) is 21.0. The minimum Gasteiger partial charge on any atom is -0.289 e. The van der Waals surface area contributed by atoms with Crippen molar-refractivity contribution in [3.8, 4) is 0 Å². The summed E-state index contributed by atoms with van der Waals surface area (Å²) in [5.41, 5.74) is 8.19. The van der Waals surface area contributed by atoms with Crippen LogP contribution in [0, 0.1) is 0 Å². The van der Waals surface area contributed by atoms with E-state index in [0.29, 0.717) is 5.56 Å². The first kappa shape index (κ1) is 19.0. The van der Waals surface area contributed by atoms with Crippen molar-refractivity contribution in [1.82, 2.24) is 0 Å². The molecular weight excluding hydrogens is 376 g/mol. The van der Waals surface area contributed by atoms with E-state index in [0.717, 1.165) is 39.8 Å². The van der Waals surface area contributed by atoms with Gasteiger partial charge in [-0.15, -0.1) is 0 Å². The second-order valence-electron chi connectivity index (χ2n) is 7.68. The Kier molecular flexibility index (Phi) is 5.16. The van der Waals surface area contributed by atoms with Crippen molar-refractivity contribution in [2.24, 2.45) is 0 Å². The molecule has 1 aliphatic carbocycles. The number of hydrogen-bond acceptors (Lipinski definition) is 1. The van der Waals surface area contributed by atoms with Crippen molar-refractivity contribution in [3.05, 3.63) is 149 Å². The van der Waals surface area contributed by atoms with Gasteiger partial charge in [-0.1, -0.05) is 121 Å². The van der Waals surface area contributed by atoms with E-state index in [1.54, 1.807) is 0 Å². The maximum absolute atomic E-state index is 13.9. The van der Waals surface area contributed by atoms with Gasteiger partial charge in [-0.25, -0.2) is 0 Å². The number of allylic oxidation sites excluding steroid dienone is 4. The maximum Gasteiger partial charge on any atom is 0.193 e. The molecule has 0 spiro atoms. The largest absolute Gasteiger partial charge is 0.289 e. The molecule has 0 saturated heterocycles. The Bertz CT molecular complexity index is 1270. The van der Waals surface area contributed by atoms with Crippen LogP contribution in [-0.2, 0) is 0 Å². The van der Waals surface area contributed by atoms with E-state index >= 15 is 0 Å². The third-order valence-corrected chi connectivity index (χ3v) is 5.78. The first-order chi connectivity index (χ1) is 15.3. The average molecular weight is 399 g/mol. The summed E-state index contributed by atoms with van der Waals surface area (Å²) in [5.74, 6) is 0.0734. The molecule has 0 unspecified atom stereocenters. The average Bonchev–Trinajstić information content (AvgIpc) is 3.26. The molecule has 5 rings (SSSR count). The lowest BCUT2D eigenvalue weighted by atomic mass is 9.89. The van der Waals surface area contributed by atoms with Crippen LogP contribution in [0.15, 0.2) is 127 Å². The highest BCUT2D eigenvalue weighted by molar-refractivity contribution is 6.29. The molecule has 0 aliphatic heterocycles. The molecule has 1 nitrogen and oxygen atoms in total. The quantitative estimate of drug-likeness (QED) is 0.321. The van der Waals surface area contributed by atoms with Crippen molar-refractivity contribution < 1.29 is 4.79 Å². The van der Waals surface area contributed by atoms with E-state index in [9.17, 15) is 4.79 Å². The highest BCUT2D eigenvalue weighted by Crippen LogP contribution is 2.48. The van der Waals surface area contributed by atoms with Crippen molar-refractivity contribution >= 4 is 22.5 Å². The van der Waals surface area contributed by atoms with Crippen molar-refractivity contribution in [2.75, 3.05) is 0 Å². The molecule has 0 radical (unpaired) electrons. The van der Waals surface area contributed by atoms with Gasteiger partial charge in [0.1, 0.15) is 0 Å². The molecule has 0 aromatic heterocycles. The van der Waals surface area contributed by atoms with E-state index in [1.165, 1.54) is 5.57 Å². The number of hydrogen-bond donors (Lipinski definition) is 0. The van der Waals surface area contributed by atoms with Crippen LogP contribution in [0.25, 0.3) is 16.7 Å². The summed E-state index contributed by atoms with van der Waals surface area (Å²) < 4.78 is 0. The van der Waals surface area contributed by atoms with Crippen molar-refractivity contribution in [1.29, 1.82) is 0 Å². The lowest BCUT2D eigenvalue weighted by Crippen LogP contribution is -2.06. The predicted octanol–water partition coefficient (Wildman–Crippen LogP) is 7.34. The molecule has 0 saturated carbocycles. The van der Waals surface area contributed by atoms with Gasteiger partial charge in [0.2, 0.25) is 0 Å². The van der Waals surface area contributed by atoms with Gasteiger partial charge in [-0.3, -0.25) is 4.79 Å². The lowest BCUT2D eigenvalue weighted by molar-refractivity contribution is 0.104. The molecule has 4 aromatic rings. The van der Waals surface area contributed by atoms with Crippen LogP contribution >= 0.6 is 0 Å². The normalized spacial score (nSPS) is 13.5. The zero-order valence-corrected chi connectivity index (χ0v) is 17.2. The Balaban J connectivity index is 1.79. The summed E-state index contributed by atoms with van der Waals surface area (Å²) in [4.78, 5) is 13.9. The van der Waals surface area contributed by atoms with Gasteiger partial charge < -0.3 is 0 Å². The van der Waals surface area contributed by atoms with Crippen LogP contribution < -0.4 is 0 Å². The number of ketones is 1. The Hall–Kier alpha value is -3.97. The molecule has 0 amide bonds. The van der Waals surface area contributed by atoms with Gasteiger partial charge in [-0.2, -0.15) is 0 Å². The molecule has 0 heterocycles. The smallest absolute Gasteiger partial charge is 0.193 e. The molecule has 148 valence electrons. The maximum atomic E-state index is 13.9. The Labute approximate surface area is 183 Å². The molecule has 0 N–H and O–H groups in total. The second kappa shape index (κ2) is 8.41. The summed E-state index contributed by atoms with van der Waals surface area (Å²) in [7, 11) is 0. The van der Waals surface area contributed by atoms with Crippen LogP contribution in [0.5, 0.6) is 0 Å². The Morgan fingerprint density at radius 2 is 0.903 bits per heavy atom. The monoisotopic (exact) mass is 398 g/mol. The fourth-order valence-corrected chi connectivity index (χ4v) is 4.33. The summed E-state index contributed by atoms with van der Waals surface area (Å²) in [6, 6.07) is 40.6. The molecule has 31 heavy (non-hydrogen) atoms. The van der Waals surface area contributed by atoms with Gasteiger partial charge >= 0.3 is 0 Å². The molecule has 0 fully saturated rings. The number of carbonyl (C=O) groups excluding carboxylic acids is 1. The van der Waals surface area contributed by atoms with Crippen LogP contribution in [-0.4, -0.2) is 5.78 Å². The third kappa shape index (κ3) is 3.67. The zero-order valence-electron chi connectivity index (χ0n) is 17.2. The van der Waals surface area contributed by atoms with E-state index < -0.39 is 0 Å². The minimum atomic E-state index is 0.0734. The number of Topliss-reactive ketones (excluding diaryl/α,β-unsaturated/α-hetero) is 1. The van der Waals surface area contributed by atoms with E-state index in [2.05, 4.69) is 48.5 Å². The standard InChI is InChI=1S/C30H22O/c31-30(25-19-11-4-12-20-25)29-27(23-15-7-2-8-16-23)21-26(22-13-5-1-6-14-22)28(29)24-17-9-3-10-18-24/h1-20H,21H2. The van der Waals surface area contributed by atoms with E-state index in [1.807, 2.05) is 72.8 Å². The molecule has 0 bridgehead atoms. The second-order valence-corrected chi connectivity index (χ2v) is 7.68. The minimum absolute atomic E-state index is 0.0734. The van der Waals surface area contributed by atoms with Crippen molar-refractivity contribution in [3.63, 3.8) is 0 Å². The highest BCUT2D eigenvalue weighted by Gasteiger charge is 2.31. The van der Waals surface area contributed by atoms with Crippen molar-refractivity contribution in [2.45, 2.75) is 6.42 Å². The number of rotatable bonds is 5. The molecule has 1 heteroatoms. The Morgan fingerprint density at radius 1 is 0.484 bits per heavy atom. The highest BCUT2D eigenvalue weighted by atomic mass is 16.1. The molecule has 0 atom stereocenters. The topological polar surface area (TPSA) is 17.1 Å². The van der Waals surface area contributed by atoms with Gasteiger partial charge in [0.25, 0.3) is 0 Å². The summed E-state index contributed by atoms with van der Waals surface area (Å²) in [6.45, 7) is 0. The molecule has 4 aromatic carbocycles. The first-order valence-corrected chi connectivity index (χ1v) is 10.6. The fourth-order valence-electron chi connectivity index (χ4n) is 4.33. The Morgan fingerprint density at radius 3 is 1.42 bits per heavy atom. The van der Waals surface area contributed by atoms with Gasteiger partial charge in [0.05, 0.1) is 0 Å².